The predicted molar refractivity (Wildman–Crippen MR) is 113 cm³/mol. The maximum absolute atomic E-state index is 12.7. The molecule has 150 valence electrons. The topological polar surface area (TPSA) is 66.5 Å². The van der Waals surface area contributed by atoms with Crippen molar-refractivity contribution in [3.8, 4) is 0 Å². The molecule has 0 saturated heterocycles. The molecule has 1 atom stereocenters. The lowest BCUT2D eigenvalue weighted by Crippen LogP contribution is -2.41. The first-order chi connectivity index (χ1) is 13.1. The summed E-state index contributed by atoms with van der Waals surface area (Å²) in [4.78, 5) is 12.7. The molecule has 0 saturated carbocycles. The summed E-state index contributed by atoms with van der Waals surface area (Å²) in [5, 5.41) is 2.95. The summed E-state index contributed by atoms with van der Waals surface area (Å²) >= 11 is 0. The van der Waals surface area contributed by atoms with Gasteiger partial charge in [0.15, 0.2) is 0 Å². The largest absolute Gasteiger partial charge is 0.348 e. The number of benzene rings is 2. The first-order valence-corrected chi connectivity index (χ1v) is 11.5. The van der Waals surface area contributed by atoms with E-state index < -0.39 is 10.0 Å². The molecule has 0 unspecified atom stereocenters. The molecular weight excluding hydrogens is 372 g/mol. The Morgan fingerprint density at radius 3 is 2.50 bits per heavy atom. The maximum Gasteiger partial charge on any atom is 0.241 e. The molecule has 0 aromatic heterocycles. The fourth-order valence-corrected chi connectivity index (χ4v) is 4.74. The van der Waals surface area contributed by atoms with E-state index in [4.69, 9.17) is 0 Å². The highest BCUT2D eigenvalue weighted by Gasteiger charge is 2.23. The lowest BCUT2D eigenvalue weighted by atomic mass is 10.0. The number of fused-ring (bicyclic) bond motifs is 1. The van der Waals surface area contributed by atoms with E-state index in [2.05, 4.69) is 17.4 Å². The number of aryl methyl sites for hydroxylation is 4. The number of hydrogen-bond acceptors (Lipinski definition) is 3. The van der Waals surface area contributed by atoms with E-state index in [0.717, 1.165) is 35.8 Å². The molecule has 3 rings (SSSR count). The molecule has 2 aromatic rings. The van der Waals surface area contributed by atoms with Crippen LogP contribution in [-0.4, -0.2) is 27.1 Å². The number of hydrogen-bond donors (Lipinski definition) is 1. The van der Waals surface area contributed by atoms with Gasteiger partial charge in [0.2, 0.25) is 15.9 Å². The van der Waals surface area contributed by atoms with Crippen LogP contribution in [0.4, 0.5) is 5.69 Å². The number of carbonyl (C=O) groups excluding carboxylic acids is 1. The Bertz CT molecular complexity index is 999. The molecule has 0 radical (unpaired) electrons. The molecule has 1 aliphatic carbocycles. The summed E-state index contributed by atoms with van der Waals surface area (Å²) in [6.07, 6.45) is 4.51. The van der Waals surface area contributed by atoms with Crippen molar-refractivity contribution < 1.29 is 13.2 Å². The fourth-order valence-electron chi connectivity index (χ4n) is 3.83. The Hall–Kier alpha value is -2.34. The van der Waals surface area contributed by atoms with Gasteiger partial charge in [-0.15, -0.1) is 0 Å². The fraction of sp³-hybridized carbons (Fsp3) is 0.409. The molecule has 2 aromatic carbocycles. The highest BCUT2D eigenvalue weighted by molar-refractivity contribution is 7.92. The second-order valence-electron chi connectivity index (χ2n) is 7.73. The van der Waals surface area contributed by atoms with Crippen LogP contribution in [0, 0.1) is 13.8 Å². The number of nitrogens with one attached hydrogen (secondary N) is 1. The van der Waals surface area contributed by atoms with Crippen LogP contribution in [-0.2, 0) is 27.7 Å². The number of nitrogens with zero attached hydrogens (tertiary/aromatic N) is 1. The molecule has 6 heteroatoms. The summed E-state index contributed by atoms with van der Waals surface area (Å²) in [6, 6.07) is 11.7. The number of amides is 1. The zero-order chi connectivity index (χ0) is 20.5. The van der Waals surface area contributed by atoms with Crippen molar-refractivity contribution in [2.75, 3.05) is 17.1 Å². The van der Waals surface area contributed by atoms with Gasteiger partial charge >= 0.3 is 0 Å². The van der Waals surface area contributed by atoms with Crippen LogP contribution < -0.4 is 9.62 Å². The van der Waals surface area contributed by atoms with E-state index in [1.807, 2.05) is 39.0 Å². The minimum Gasteiger partial charge on any atom is -0.348 e. The quantitative estimate of drug-likeness (QED) is 0.808. The van der Waals surface area contributed by atoms with E-state index in [-0.39, 0.29) is 18.5 Å². The van der Waals surface area contributed by atoms with Crippen molar-refractivity contribution in [1.29, 1.82) is 0 Å². The van der Waals surface area contributed by atoms with Gasteiger partial charge in [-0.2, -0.15) is 0 Å². The number of sulfonamides is 1. The van der Waals surface area contributed by atoms with Crippen LogP contribution in [0.3, 0.4) is 0 Å². The normalized spacial score (nSPS) is 14.4. The third-order valence-electron chi connectivity index (χ3n) is 5.31. The Morgan fingerprint density at radius 2 is 1.82 bits per heavy atom. The average molecular weight is 401 g/mol. The third kappa shape index (κ3) is 4.55. The summed E-state index contributed by atoms with van der Waals surface area (Å²) in [7, 11) is -3.58. The second kappa shape index (κ2) is 7.95. The van der Waals surface area contributed by atoms with Gasteiger partial charge in [0.05, 0.1) is 18.0 Å². The van der Waals surface area contributed by atoms with E-state index in [1.165, 1.54) is 21.9 Å². The molecule has 1 aliphatic rings. The monoisotopic (exact) mass is 400 g/mol. The number of anilines is 1. The van der Waals surface area contributed by atoms with Gasteiger partial charge in [0.1, 0.15) is 6.54 Å². The highest BCUT2D eigenvalue weighted by Crippen LogP contribution is 2.26. The molecule has 0 spiro atoms. The van der Waals surface area contributed by atoms with Gasteiger partial charge in [-0.25, -0.2) is 8.42 Å². The third-order valence-corrected chi connectivity index (χ3v) is 6.44. The SMILES string of the molecule is Cc1ccc(N(CC(=O)N[C@@H](C)c2ccc3c(c2)CCC3)S(C)(=O)=O)c(C)c1. The van der Waals surface area contributed by atoms with Gasteiger partial charge < -0.3 is 5.32 Å². The summed E-state index contributed by atoms with van der Waals surface area (Å²) < 4.78 is 25.8. The summed E-state index contributed by atoms with van der Waals surface area (Å²) in [5.74, 6) is -0.321. The Labute approximate surface area is 167 Å². The van der Waals surface area contributed by atoms with Crippen molar-refractivity contribution in [1.82, 2.24) is 5.32 Å². The zero-order valence-corrected chi connectivity index (χ0v) is 17.8. The molecular formula is C22H28N2O3S. The number of carbonyl (C=O) groups is 1. The van der Waals surface area contributed by atoms with Gasteiger partial charge in [-0.1, -0.05) is 35.9 Å². The van der Waals surface area contributed by atoms with Crippen molar-refractivity contribution in [3.05, 3.63) is 64.2 Å². The van der Waals surface area contributed by atoms with Crippen molar-refractivity contribution in [2.24, 2.45) is 0 Å². The number of rotatable bonds is 6. The van der Waals surface area contributed by atoms with E-state index >= 15 is 0 Å². The van der Waals surface area contributed by atoms with E-state index in [0.29, 0.717) is 5.69 Å². The van der Waals surface area contributed by atoms with Crippen molar-refractivity contribution in [3.63, 3.8) is 0 Å². The van der Waals surface area contributed by atoms with Crippen LogP contribution >= 0.6 is 0 Å². The van der Waals surface area contributed by atoms with Crippen LogP contribution in [0.1, 0.15) is 47.2 Å². The molecule has 1 amide bonds. The van der Waals surface area contributed by atoms with Crippen LogP contribution in [0.15, 0.2) is 36.4 Å². The molecule has 0 heterocycles. The second-order valence-corrected chi connectivity index (χ2v) is 9.64. The molecule has 28 heavy (non-hydrogen) atoms. The molecule has 5 nitrogen and oxygen atoms in total. The van der Waals surface area contributed by atoms with Crippen LogP contribution in [0.25, 0.3) is 0 Å². The zero-order valence-electron chi connectivity index (χ0n) is 17.0. The van der Waals surface area contributed by atoms with Gasteiger partial charge in [-0.3, -0.25) is 9.10 Å². The Kier molecular flexibility index (Phi) is 5.79. The highest BCUT2D eigenvalue weighted by atomic mass is 32.2. The molecule has 1 N–H and O–H groups in total. The predicted octanol–water partition coefficient (Wildman–Crippen LogP) is 3.44. The van der Waals surface area contributed by atoms with E-state index in [1.54, 1.807) is 6.07 Å². The Morgan fingerprint density at radius 1 is 1.11 bits per heavy atom. The first-order valence-electron chi connectivity index (χ1n) is 9.61. The van der Waals surface area contributed by atoms with Gasteiger partial charge in [0.25, 0.3) is 0 Å². The first kappa shape index (κ1) is 20.4. The molecule has 0 aliphatic heterocycles. The molecule has 0 fully saturated rings. The standard InChI is InChI=1S/C22H28N2O3S/c1-15-8-11-21(16(2)12-15)24(28(4,26)27)14-22(25)23-17(3)19-10-9-18-6-5-7-20(18)13-19/h8-13,17H,5-7,14H2,1-4H3,(H,23,25)/t17-/m0/s1. The minimum absolute atomic E-state index is 0.182. The van der Waals surface area contributed by atoms with Crippen molar-refractivity contribution >= 4 is 21.6 Å². The Balaban J connectivity index is 1.75. The molecule has 0 bridgehead atoms. The lowest BCUT2D eigenvalue weighted by molar-refractivity contribution is -0.120. The maximum atomic E-state index is 12.7. The summed E-state index contributed by atoms with van der Waals surface area (Å²) in [5.41, 5.74) is 6.20. The van der Waals surface area contributed by atoms with Gasteiger partial charge in [0, 0.05) is 0 Å². The van der Waals surface area contributed by atoms with E-state index in [9.17, 15) is 13.2 Å². The van der Waals surface area contributed by atoms with Gasteiger partial charge in [-0.05, 0) is 68.4 Å². The lowest BCUT2D eigenvalue weighted by Gasteiger charge is -2.25. The smallest absolute Gasteiger partial charge is 0.241 e. The minimum atomic E-state index is -3.58. The average Bonchev–Trinajstić information content (AvgIpc) is 3.07. The van der Waals surface area contributed by atoms with Crippen molar-refractivity contribution in [2.45, 2.75) is 46.1 Å². The van der Waals surface area contributed by atoms with Crippen LogP contribution in [0.5, 0.6) is 0 Å². The summed E-state index contributed by atoms with van der Waals surface area (Å²) in [6.45, 7) is 5.49. The van der Waals surface area contributed by atoms with Crippen LogP contribution in [0.2, 0.25) is 0 Å².